The number of rotatable bonds is 5. The van der Waals surface area contributed by atoms with Crippen LogP contribution in [-0.4, -0.2) is 76.5 Å². The molecule has 2 saturated heterocycles. The SMILES string of the molecule is O=C1[C@@H]2[C@H]3C[C@@H](C[C@H]3O)[C@@H]2C(=O)N1C[C@@H]1CCCC[C@H]1CN1CCN(c2nsc3ccccc23)CC1. The Bertz CT molecular complexity index is 1160. The minimum atomic E-state index is -0.392. The summed E-state index contributed by atoms with van der Waals surface area (Å²) in [6.07, 6.45) is 5.90. The fourth-order valence-corrected chi connectivity index (χ4v) is 9.04. The summed E-state index contributed by atoms with van der Waals surface area (Å²) in [5.74, 6) is 1.97. The Balaban J connectivity index is 0.988. The fourth-order valence-electron chi connectivity index (χ4n) is 8.24. The molecular formula is C28H36N4O3S. The lowest BCUT2D eigenvalue weighted by Crippen LogP contribution is -2.49. The highest BCUT2D eigenvalue weighted by Crippen LogP contribution is 2.56. The molecule has 2 aromatic rings. The van der Waals surface area contributed by atoms with Gasteiger partial charge in [0.25, 0.3) is 0 Å². The maximum atomic E-state index is 13.3. The van der Waals surface area contributed by atoms with Crippen LogP contribution in [0.1, 0.15) is 38.5 Å². The number of imide groups is 1. The lowest BCUT2D eigenvalue weighted by Gasteiger charge is -2.40. The van der Waals surface area contributed by atoms with Crippen LogP contribution in [0.5, 0.6) is 0 Å². The second-order valence-corrected chi connectivity index (χ2v) is 12.7. The number of nitrogens with zero attached hydrogens (tertiary/aromatic N) is 4. The number of likely N-dealkylation sites (tertiary alicyclic amines) is 1. The van der Waals surface area contributed by atoms with Crippen molar-refractivity contribution in [1.29, 1.82) is 0 Å². The Morgan fingerprint density at radius 3 is 2.44 bits per heavy atom. The van der Waals surface area contributed by atoms with E-state index in [9.17, 15) is 14.7 Å². The van der Waals surface area contributed by atoms with E-state index < -0.39 is 6.10 Å². The van der Waals surface area contributed by atoms with Gasteiger partial charge in [0.2, 0.25) is 11.8 Å². The van der Waals surface area contributed by atoms with Crippen LogP contribution >= 0.6 is 11.5 Å². The zero-order chi connectivity index (χ0) is 24.4. The highest BCUT2D eigenvalue weighted by molar-refractivity contribution is 7.13. The van der Waals surface area contributed by atoms with E-state index in [0.717, 1.165) is 51.4 Å². The summed E-state index contributed by atoms with van der Waals surface area (Å²) in [7, 11) is 0. The number of aliphatic hydroxyl groups excluding tert-OH is 1. The second-order valence-electron chi connectivity index (χ2n) is 11.9. The molecule has 2 amide bonds. The molecule has 2 bridgehead atoms. The van der Waals surface area contributed by atoms with Gasteiger partial charge in [0.1, 0.15) is 5.82 Å². The van der Waals surface area contributed by atoms with Crippen LogP contribution in [0.4, 0.5) is 5.82 Å². The smallest absolute Gasteiger partial charge is 0.233 e. The first-order valence-electron chi connectivity index (χ1n) is 13.9. The third-order valence-corrected chi connectivity index (χ3v) is 10.9. The van der Waals surface area contributed by atoms with E-state index in [1.165, 1.54) is 29.3 Å². The molecule has 3 saturated carbocycles. The van der Waals surface area contributed by atoms with Gasteiger partial charge in [0.15, 0.2) is 0 Å². The summed E-state index contributed by atoms with van der Waals surface area (Å²) in [6.45, 7) is 5.69. The van der Waals surface area contributed by atoms with Crippen molar-refractivity contribution in [2.75, 3.05) is 44.2 Å². The first-order valence-corrected chi connectivity index (χ1v) is 14.7. The van der Waals surface area contributed by atoms with Gasteiger partial charge in [-0.2, -0.15) is 4.37 Å². The normalized spacial score (nSPS) is 36.9. The summed E-state index contributed by atoms with van der Waals surface area (Å²) < 4.78 is 6.00. The Hall–Kier alpha value is -2.03. The van der Waals surface area contributed by atoms with Gasteiger partial charge in [-0.05, 0) is 73.0 Å². The van der Waals surface area contributed by atoms with Crippen LogP contribution in [0.15, 0.2) is 24.3 Å². The molecule has 5 fully saturated rings. The van der Waals surface area contributed by atoms with E-state index in [0.29, 0.717) is 24.8 Å². The summed E-state index contributed by atoms with van der Waals surface area (Å²) >= 11 is 1.58. The third kappa shape index (κ3) is 3.71. The molecule has 8 heteroatoms. The van der Waals surface area contributed by atoms with Crippen molar-refractivity contribution in [2.45, 2.75) is 44.6 Å². The van der Waals surface area contributed by atoms with E-state index in [2.05, 4.69) is 34.1 Å². The van der Waals surface area contributed by atoms with Gasteiger partial charge >= 0.3 is 0 Å². The fraction of sp³-hybridized carbons (Fsp3) is 0.679. The number of amides is 2. The van der Waals surface area contributed by atoms with Gasteiger partial charge in [-0.3, -0.25) is 19.4 Å². The van der Waals surface area contributed by atoms with Gasteiger partial charge in [-0.25, -0.2) is 0 Å². The van der Waals surface area contributed by atoms with Crippen molar-refractivity contribution >= 4 is 39.3 Å². The minimum absolute atomic E-state index is 0.00901. The molecule has 36 heavy (non-hydrogen) atoms. The Morgan fingerprint density at radius 1 is 0.917 bits per heavy atom. The number of carbonyl (C=O) groups is 2. The molecule has 7 rings (SSSR count). The number of fused-ring (bicyclic) bond motifs is 6. The van der Waals surface area contributed by atoms with Gasteiger partial charge < -0.3 is 10.0 Å². The molecular weight excluding hydrogens is 472 g/mol. The molecule has 1 aromatic carbocycles. The molecule has 2 aliphatic heterocycles. The van der Waals surface area contributed by atoms with E-state index >= 15 is 0 Å². The average molecular weight is 509 g/mol. The first-order chi connectivity index (χ1) is 17.6. The topological polar surface area (TPSA) is 77.0 Å². The molecule has 0 spiro atoms. The second kappa shape index (κ2) is 9.07. The molecule has 192 valence electrons. The Labute approximate surface area is 216 Å². The molecule has 7 atom stereocenters. The highest BCUT2D eigenvalue weighted by Gasteiger charge is 2.63. The summed E-state index contributed by atoms with van der Waals surface area (Å²) in [5, 5.41) is 11.6. The predicted molar refractivity (Wildman–Crippen MR) is 140 cm³/mol. The van der Waals surface area contributed by atoms with Crippen molar-refractivity contribution in [2.24, 2.45) is 35.5 Å². The van der Waals surface area contributed by atoms with E-state index in [1.54, 1.807) is 16.4 Å². The van der Waals surface area contributed by atoms with E-state index in [-0.39, 0.29) is 35.5 Å². The standard InChI is InChI=1S/C28H36N4O3S/c33-22-14-19-13-21(22)25-24(19)27(34)32(28(25)35)16-18-6-2-1-5-17(18)15-30-9-11-31(12-10-30)26-20-7-3-4-8-23(20)36-29-26/h3-4,7-8,17-19,21-22,24-25,33H,1-2,5-6,9-16H2/t17-,18-,19-,21-,22+,24-,25+/m0/s1. The van der Waals surface area contributed by atoms with Crippen molar-refractivity contribution in [3.63, 3.8) is 0 Å². The van der Waals surface area contributed by atoms with E-state index in [1.807, 2.05) is 0 Å². The van der Waals surface area contributed by atoms with Crippen LogP contribution in [0.3, 0.4) is 0 Å². The number of carbonyl (C=O) groups excluding carboxylic acids is 2. The largest absolute Gasteiger partial charge is 0.393 e. The predicted octanol–water partition coefficient (Wildman–Crippen LogP) is 3.23. The number of hydrogen-bond donors (Lipinski definition) is 1. The Kier molecular flexibility index (Phi) is 5.82. The van der Waals surface area contributed by atoms with Crippen LogP contribution < -0.4 is 4.90 Å². The van der Waals surface area contributed by atoms with Crippen molar-refractivity contribution in [3.05, 3.63) is 24.3 Å². The van der Waals surface area contributed by atoms with Crippen molar-refractivity contribution in [3.8, 4) is 0 Å². The molecule has 3 aliphatic carbocycles. The van der Waals surface area contributed by atoms with Crippen LogP contribution in [0, 0.1) is 35.5 Å². The number of aromatic nitrogens is 1. The van der Waals surface area contributed by atoms with Crippen molar-refractivity contribution < 1.29 is 14.7 Å². The molecule has 0 radical (unpaired) electrons. The Morgan fingerprint density at radius 2 is 1.64 bits per heavy atom. The van der Waals surface area contributed by atoms with Crippen molar-refractivity contribution in [1.82, 2.24) is 14.2 Å². The number of anilines is 1. The lowest BCUT2D eigenvalue weighted by molar-refractivity contribution is -0.142. The van der Waals surface area contributed by atoms with Gasteiger partial charge in [0.05, 0.1) is 22.6 Å². The van der Waals surface area contributed by atoms with Gasteiger partial charge in [-0.1, -0.05) is 25.0 Å². The number of piperazine rings is 1. The third-order valence-electron chi connectivity index (χ3n) is 10.1. The molecule has 1 N–H and O–H groups in total. The molecule has 5 aliphatic rings. The van der Waals surface area contributed by atoms with Crippen LogP contribution in [-0.2, 0) is 9.59 Å². The summed E-state index contributed by atoms with van der Waals surface area (Å²) in [6, 6.07) is 8.49. The molecule has 7 nitrogen and oxygen atoms in total. The zero-order valence-electron chi connectivity index (χ0n) is 20.8. The van der Waals surface area contributed by atoms with E-state index in [4.69, 9.17) is 4.37 Å². The highest BCUT2D eigenvalue weighted by atomic mass is 32.1. The first kappa shape index (κ1) is 23.1. The van der Waals surface area contributed by atoms with Gasteiger partial charge in [-0.15, -0.1) is 0 Å². The number of hydrogen-bond acceptors (Lipinski definition) is 7. The average Bonchev–Trinajstić information content (AvgIpc) is 3.64. The molecule has 3 heterocycles. The quantitative estimate of drug-likeness (QED) is 0.625. The minimum Gasteiger partial charge on any atom is -0.393 e. The maximum Gasteiger partial charge on any atom is 0.233 e. The number of benzene rings is 1. The van der Waals surface area contributed by atoms with Gasteiger partial charge in [0, 0.05) is 44.7 Å². The van der Waals surface area contributed by atoms with Crippen LogP contribution in [0.2, 0.25) is 0 Å². The maximum absolute atomic E-state index is 13.3. The monoisotopic (exact) mass is 508 g/mol. The molecule has 1 aromatic heterocycles. The van der Waals surface area contributed by atoms with Crippen LogP contribution in [0.25, 0.3) is 10.1 Å². The molecule has 0 unspecified atom stereocenters. The summed E-state index contributed by atoms with van der Waals surface area (Å²) in [5.41, 5.74) is 0. The zero-order valence-corrected chi connectivity index (χ0v) is 21.6. The number of aliphatic hydroxyl groups is 1. The lowest BCUT2D eigenvalue weighted by atomic mass is 9.78. The summed E-state index contributed by atoms with van der Waals surface area (Å²) in [4.78, 5) is 33.3.